The van der Waals surface area contributed by atoms with E-state index < -0.39 is 17.8 Å². The molecule has 20 heavy (non-hydrogen) atoms. The molecular weight excluding hydrogens is 263 g/mol. The summed E-state index contributed by atoms with van der Waals surface area (Å²) in [5.41, 5.74) is 0.567. The fourth-order valence-electron chi connectivity index (χ4n) is 1.89. The van der Waals surface area contributed by atoms with Crippen LogP contribution in [0.1, 0.15) is 10.4 Å². The first-order valence-corrected chi connectivity index (χ1v) is 6.11. The van der Waals surface area contributed by atoms with Crippen molar-refractivity contribution in [2.24, 2.45) is 0 Å². The third-order valence-electron chi connectivity index (χ3n) is 2.77. The van der Waals surface area contributed by atoms with Crippen molar-refractivity contribution in [1.82, 2.24) is 10.3 Å². The third-order valence-corrected chi connectivity index (χ3v) is 2.77. The van der Waals surface area contributed by atoms with Crippen molar-refractivity contribution in [1.29, 1.82) is 0 Å². The number of amides is 1. The fourth-order valence-corrected chi connectivity index (χ4v) is 1.89. The molecule has 1 unspecified atom stereocenters. The molecule has 5 nitrogen and oxygen atoms in total. The predicted octanol–water partition coefficient (Wildman–Crippen LogP) is 1.11. The van der Waals surface area contributed by atoms with Gasteiger partial charge in [-0.15, -0.1) is 0 Å². The number of carbonyl (C=O) groups is 1. The average molecular weight is 278 g/mol. The number of ether oxygens (including phenoxy) is 1. The molecular formula is C14H15FN2O3. The van der Waals surface area contributed by atoms with E-state index in [1.807, 2.05) is 0 Å². The van der Waals surface area contributed by atoms with E-state index in [0.29, 0.717) is 10.9 Å². The minimum Gasteiger partial charge on any atom is -0.389 e. The lowest BCUT2D eigenvalue weighted by Gasteiger charge is -2.11. The lowest BCUT2D eigenvalue weighted by Crippen LogP contribution is -2.34. The fraction of sp³-hybridized carbons (Fsp3) is 0.286. The minimum atomic E-state index is -0.809. The van der Waals surface area contributed by atoms with Gasteiger partial charge in [0.05, 0.1) is 23.8 Å². The largest absolute Gasteiger partial charge is 0.389 e. The normalized spacial score (nSPS) is 12.3. The summed E-state index contributed by atoms with van der Waals surface area (Å²) in [5.74, 6) is -0.989. The van der Waals surface area contributed by atoms with Crippen LogP contribution >= 0.6 is 0 Å². The maximum Gasteiger partial charge on any atom is 0.253 e. The Balaban J connectivity index is 2.21. The molecule has 1 heterocycles. The van der Waals surface area contributed by atoms with Crippen LogP contribution in [0, 0.1) is 5.82 Å². The number of aliphatic hydroxyl groups is 1. The zero-order chi connectivity index (χ0) is 14.5. The zero-order valence-electron chi connectivity index (χ0n) is 11.0. The number of pyridine rings is 1. The van der Waals surface area contributed by atoms with Gasteiger partial charge in [0, 0.05) is 25.2 Å². The van der Waals surface area contributed by atoms with Crippen LogP contribution in [-0.4, -0.2) is 42.4 Å². The standard InChI is InChI=1S/C14H15FN2O3/c1-20-8-11(18)7-17-14(19)12-6-10(15)5-9-3-2-4-16-13(9)12/h2-6,11,18H,7-8H2,1H3,(H,17,19). The van der Waals surface area contributed by atoms with Crippen molar-refractivity contribution in [3.05, 3.63) is 41.8 Å². The summed E-state index contributed by atoms with van der Waals surface area (Å²) in [6.07, 6.45) is 0.730. The molecule has 0 aliphatic rings. The van der Waals surface area contributed by atoms with Gasteiger partial charge in [-0.25, -0.2) is 4.39 Å². The second-order valence-electron chi connectivity index (χ2n) is 4.35. The van der Waals surface area contributed by atoms with Crippen molar-refractivity contribution in [3.8, 4) is 0 Å². The van der Waals surface area contributed by atoms with Gasteiger partial charge in [0.25, 0.3) is 5.91 Å². The number of benzene rings is 1. The van der Waals surface area contributed by atoms with Gasteiger partial charge < -0.3 is 15.2 Å². The molecule has 2 rings (SSSR count). The third kappa shape index (κ3) is 3.28. The first kappa shape index (κ1) is 14.4. The molecule has 0 spiro atoms. The number of halogens is 1. The lowest BCUT2D eigenvalue weighted by molar-refractivity contribution is 0.0610. The summed E-state index contributed by atoms with van der Waals surface area (Å²) < 4.78 is 18.3. The lowest BCUT2D eigenvalue weighted by atomic mass is 10.1. The number of nitrogens with zero attached hydrogens (tertiary/aromatic N) is 1. The quantitative estimate of drug-likeness (QED) is 0.859. The van der Waals surface area contributed by atoms with E-state index in [-0.39, 0.29) is 18.7 Å². The first-order chi connectivity index (χ1) is 9.61. The van der Waals surface area contributed by atoms with Crippen molar-refractivity contribution in [2.75, 3.05) is 20.3 Å². The Bertz CT molecular complexity index is 618. The van der Waals surface area contributed by atoms with Gasteiger partial charge in [-0.1, -0.05) is 6.07 Å². The number of fused-ring (bicyclic) bond motifs is 1. The average Bonchev–Trinajstić information content (AvgIpc) is 2.44. The molecule has 0 aliphatic carbocycles. The number of hydrogen-bond donors (Lipinski definition) is 2. The highest BCUT2D eigenvalue weighted by Gasteiger charge is 2.14. The summed E-state index contributed by atoms with van der Waals surface area (Å²) in [5, 5.41) is 12.6. The summed E-state index contributed by atoms with van der Waals surface area (Å²) in [7, 11) is 1.45. The van der Waals surface area contributed by atoms with E-state index in [1.54, 1.807) is 12.1 Å². The maximum atomic E-state index is 13.5. The highest BCUT2D eigenvalue weighted by atomic mass is 19.1. The predicted molar refractivity (Wildman–Crippen MR) is 71.9 cm³/mol. The molecule has 1 amide bonds. The van der Waals surface area contributed by atoms with Gasteiger partial charge >= 0.3 is 0 Å². The van der Waals surface area contributed by atoms with E-state index >= 15 is 0 Å². The Hall–Kier alpha value is -2.05. The second kappa shape index (κ2) is 6.40. The number of methoxy groups -OCH3 is 1. The maximum absolute atomic E-state index is 13.5. The van der Waals surface area contributed by atoms with Crippen LogP contribution in [0.5, 0.6) is 0 Å². The molecule has 0 saturated carbocycles. The van der Waals surface area contributed by atoms with Crippen LogP contribution < -0.4 is 5.32 Å². The van der Waals surface area contributed by atoms with Gasteiger partial charge in [0.1, 0.15) is 5.82 Å². The van der Waals surface area contributed by atoms with Crippen LogP contribution in [0.25, 0.3) is 10.9 Å². The smallest absolute Gasteiger partial charge is 0.253 e. The summed E-state index contributed by atoms with van der Waals surface area (Å²) in [6, 6.07) is 5.81. The number of aromatic nitrogens is 1. The number of nitrogens with one attached hydrogen (secondary N) is 1. The first-order valence-electron chi connectivity index (χ1n) is 6.11. The SMILES string of the molecule is COCC(O)CNC(=O)c1cc(F)cc2cccnc12. The van der Waals surface area contributed by atoms with Crippen LogP contribution in [0.4, 0.5) is 4.39 Å². The van der Waals surface area contributed by atoms with E-state index in [4.69, 9.17) is 4.74 Å². The summed E-state index contributed by atoms with van der Waals surface area (Å²) in [6.45, 7) is 0.139. The molecule has 6 heteroatoms. The zero-order valence-corrected chi connectivity index (χ0v) is 11.0. The van der Waals surface area contributed by atoms with Crippen molar-refractivity contribution < 1.29 is 19.0 Å². The van der Waals surface area contributed by atoms with Crippen LogP contribution in [0.15, 0.2) is 30.5 Å². The number of rotatable bonds is 5. The Morgan fingerprint density at radius 3 is 3.10 bits per heavy atom. The van der Waals surface area contributed by atoms with Crippen LogP contribution in [0.3, 0.4) is 0 Å². The molecule has 0 fully saturated rings. The summed E-state index contributed by atoms with van der Waals surface area (Å²) >= 11 is 0. The van der Waals surface area contributed by atoms with Gasteiger partial charge in [0.2, 0.25) is 0 Å². The Kier molecular flexibility index (Phi) is 4.60. The number of hydrogen-bond acceptors (Lipinski definition) is 4. The van der Waals surface area contributed by atoms with Gasteiger partial charge in [-0.2, -0.15) is 0 Å². The van der Waals surface area contributed by atoms with Crippen molar-refractivity contribution >= 4 is 16.8 Å². The molecule has 106 valence electrons. The van der Waals surface area contributed by atoms with Crippen LogP contribution in [0.2, 0.25) is 0 Å². The van der Waals surface area contributed by atoms with E-state index in [2.05, 4.69) is 10.3 Å². The number of carbonyl (C=O) groups excluding carboxylic acids is 1. The molecule has 0 saturated heterocycles. The summed E-state index contributed by atoms with van der Waals surface area (Å²) in [4.78, 5) is 16.1. The molecule has 1 aromatic heterocycles. The Morgan fingerprint density at radius 1 is 1.55 bits per heavy atom. The highest BCUT2D eigenvalue weighted by molar-refractivity contribution is 6.05. The van der Waals surface area contributed by atoms with E-state index in [1.165, 1.54) is 19.4 Å². The molecule has 0 aliphatic heterocycles. The van der Waals surface area contributed by atoms with E-state index in [0.717, 1.165) is 6.07 Å². The molecule has 1 aromatic carbocycles. The van der Waals surface area contributed by atoms with Crippen molar-refractivity contribution in [3.63, 3.8) is 0 Å². The van der Waals surface area contributed by atoms with Crippen LogP contribution in [-0.2, 0) is 4.74 Å². The minimum absolute atomic E-state index is 0.0253. The molecule has 1 atom stereocenters. The Morgan fingerprint density at radius 2 is 2.35 bits per heavy atom. The van der Waals surface area contributed by atoms with E-state index in [9.17, 15) is 14.3 Å². The van der Waals surface area contributed by atoms with Gasteiger partial charge in [-0.05, 0) is 18.2 Å². The van der Waals surface area contributed by atoms with Gasteiger partial charge in [-0.3, -0.25) is 9.78 Å². The topological polar surface area (TPSA) is 71.5 Å². The van der Waals surface area contributed by atoms with Gasteiger partial charge in [0.15, 0.2) is 0 Å². The number of aliphatic hydroxyl groups excluding tert-OH is 1. The molecule has 2 aromatic rings. The highest BCUT2D eigenvalue weighted by Crippen LogP contribution is 2.18. The van der Waals surface area contributed by atoms with Crippen molar-refractivity contribution in [2.45, 2.75) is 6.10 Å². The molecule has 2 N–H and O–H groups in total. The Labute approximate surface area is 115 Å². The monoisotopic (exact) mass is 278 g/mol. The second-order valence-corrected chi connectivity index (χ2v) is 4.35. The molecule has 0 radical (unpaired) electrons. The molecule has 0 bridgehead atoms.